The molecule has 10 nitrogen and oxygen atoms in total. The Balaban J connectivity index is 0.00000181. The maximum absolute atomic E-state index is 13.7. The number of hydrogen-bond donors (Lipinski definition) is 1. The van der Waals surface area contributed by atoms with Gasteiger partial charge in [0.15, 0.2) is 0 Å². The second kappa shape index (κ2) is 14.9. The summed E-state index contributed by atoms with van der Waals surface area (Å²) in [6, 6.07) is 4.64. The maximum atomic E-state index is 13.7. The van der Waals surface area contributed by atoms with Gasteiger partial charge in [-0.1, -0.05) is 6.07 Å². The van der Waals surface area contributed by atoms with E-state index >= 15 is 0 Å². The highest BCUT2D eigenvalue weighted by molar-refractivity contribution is 6.04. The standard InChI is InChI=1S/C29H33F6N3O5.C2H4O2/c1-26(2,3)42-24(40)36-22-8-7-17(18-13-19(28(30,31)32)16-20(14-18)29(33,34)35)15-21(22)23(39)37-9-11-38(12-10-37)25(41)43-27(4,5)6;1-4-2-3/h7-8,13-16H,9-12H2,1-6H3,(H,36,40);2H,1H3. The van der Waals surface area contributed by atoms with Gasteiger partial charge in [-0.15, -0.1) is 0 Å². The molecule has 260 valence electrons. The van der Waals surface area contributed by atoms with Crippen LogP contribution in [0.4, 0.5) is 41.6 Å². The van der Waals surface area contributed by atoms with Gasteiger partial charge in [-0.25, -0.2) is 9.59 Å². The van der Waals surface area contributed by atoms with E-state index in [4.69, 9.17) is 14.3 Å². The average Bonchev–Trinajstić information content (AvgIpc) is 2.94. The van der Waals surface area contributed by atoms with Crippen molar-refractivity contribution < 1.29 is 59.7 Å². The zero-order chi connectivity index (χ0) is 36.0. The Bertz CT molecular complexity index is 1410. The smallest absolute Gasteiger partial charge is 0.416 e. The van der Waals surface area contributed by atoms with Crippen LogP contribution in [0.15, 0.2) is 36.4 Å². The molecule has 2 aromatic rings. The van der Waals surface area contributed by atoms with Crippen molar-refractivity contribution in [2.75, 3.05) is 38.6 Å². The molecule has 1 N–H and O–H groups in total. The zero-order valence-electron chi connectivity index (χ0n) is 26.9. The Labute approximate surface area is 267 Å². The number of hydrogen-bond acceptors (Lipinski definition) is 7. The minimum atomic E-state index is -5.07. The lowest BCUT2D eigenvalue weighted by molar-refractivity contribution is -0.143. The molecule has 1 aliphatic heterocycles. The molecule has 0 spiro atoms. The Morgan fingerprint density at radius 3 is 1.62 bits per heavy atom. The van der Waals surface area contributed by atoms with Crippen LogP contribution in [0.3, 0.4) is 0 Å². The van der Waals surface area contributed by atoms with E-state index in [1.807, 2.05) is 0 Å². The number of nitrogens with one attached hydrogen (secondary N) is 1. The Morgan fingerprint density at radius 1 is 0.723 bits per heavy atom. The van der Waals surface area contributed by atoms with Crippen LogP contribution in [0.25, 0.3) is 11.1 Å². The van der Waals surface area contributed by atoms with Gasteiger partial charge >= 0.3 is 24.5 Å². The second-order valence-electron chi connectivity index (χ2n) is 12.3. The number of amides is 3. The van der Waals surface area contributed by atoms with Crippen molar-refractivity contribution in [2.45, 2.75) is 65.1 Å². The molecule has 16 heteroatoms. The van der Waals surface area contributed by atoms with Crippen molar-refractivity contribution in [3.05, 3.63) is 53.1 Å². The fourth-order valence-electron chi connectivity index (χ4n) is 4.13. The molecule has 1 fully saturated rings. The molecule has 1 heterocycles. The summed E-state index contributed by atoms with van der Waals surface area (Å²) in [5.74, 6) is -0.667. The Kier molecular flexibility index (Phi) is 12.3. The fraction of sp³-hybridized carbons (Fsp3) is 0.484. The van der Waals surface area contributed by atoms with Crippen molar-refractivity contribution in [3.63, 3.8) is 0 Å². The van der Waals surface area contributed by atoms with Crippen molar-refractivity contribution in [3.8, 4) is 11.1 Å². The first kappa shape index (κ1) is 38.7. The van der Waals surface area contributed by atoms with Gasteiger partial charge in [0, 0.05) is 26.2 Å². The van der Waals surface area contributed by atoms with Gasteiger partial charge in [-0.3, -0.25) is 14.9 Å². The molecular formula is C31H37F6N3O7. The lowest BCUT2D eigenvalue weighted by Crippen LogP contribution is -2.51. The predicted molar refractivity (Wildman–Crippen MR) is 159 cm³/mol. The highest BCUT2D eigenvalue weighted by Crippen LogP contribution is 2.39. The normalized spacial score (nSPS) is 14.0. The van der Waals surface area contributed by atoms with Crippen LogP contribution in [-0.4, -0.2) is 78.9 Å². The highest BCUT2D eigenvalue weighted by atomic mass is 19.4. The molecule has 3 rings (SSSR count). The van der Waals surface area contributed by atoms with Crippen molar-refractivity contribution in [1.82, 2.24) is 9.80 Å². The lowest BCUT2D eigenvalue weighted by atomic mass is 9.96. The van der Waals surface area contributed by atoms with Gasteiger partial charge in [0.1, 0.15) is 11.2 Å². The number of halogens is 6. The van der Waals surface area contributed by atoms with E-state index in [1.54, 1.807) is 41.5 Å². The third-order valence-electron chi connectivity index (χ3n) is 6.12. The molecule has 0 unspecified atom stereocenters. The molecule has 3 amide bonds. The molecule has 0 saturated carbocycles. The van der Waals surface area contributed by atoms with Gasteiger partial charge in [0.25, 0.3) is 12.4 Å². The average molecular weight is 678 g/mol. The van der Waals surface area contributed by atoms with E-state index in [-0.39, 0.29) is 49.1 Å². The van der Waals surface area contributed by atoms with Gasteiger partial charge in [0.05, 0.1) is 29.5 Å². The summed E-state index contributed by atoms with van der Waals surface area (Å²) < 4.78 is 95.4. The molecule has 1 aliphatic rings. The number of alkyl halides is 6. The first-order valence-corrected chi connectivity index (χ1v) is 14.1. The van der Waals surface area contributed by atoms with Gasteiger partial charge in [-0.2, -0.15) is 26.3 Å². The first-order chi connectivity index (χ1) is 21.4. The number of carbonyl (C=O) groups excluding carboxylic acids is 4. The number of methoxy groups -OCH3 is 1. The molecule has 0 aliphatic carbocycles. The summed E-state index contributed by atoms with van der Waals surface area (Å²) in [5.41, 5.74) is -5.49. The van der Waals surface area contributed by atoms with Crippen LogP contribution in [0.1, 0.15) is 63.0 Å². The van der Waals surface area contributed by atoms with E-state index in [0.717, 1.165) is 6.07 Å². The second-order valence-corrected chi connectivity index (χ2v) is 12.3. The monoisotopic (exact) mass is 677 g/mol. The zero-order valence-corrected chi connectivity index (χ0v) is 26.9. The van der Waals surface area contributed by atoms with Gasteiger partial charge in [0.2, 0.25) is 0 Å². The quantitative estimate of drug-likeness (QED) is 0.207. The largest absolute Gasteiger partial charge is 0.471 e. The predicted octanol–water partition coefficient (Wildman–Crippen LogP) is 7.22. The van der Waals surface area contributed by atoms with Gasteiger partial charge in [-0.05, 0) is 83.0 Å². The van der Waals surface area contributed by atoms with Crippen molar-refractivity contribution in [2.24, 2.45) is 0 Å². The van der Waals surface area contributed by atoms with E-state index in [9.17, 15) is 40.7 Å². The van der Waals surface area contributed by atoms with Crippen LogP contribution in [0.5, 0.6) is 0 Å². The number of ether oxygens (including phenoxy) is 3. The van der Waals surface area contributed by atoms with Crippen molar-refractivity contribution >= 4 is 30.3 Å². The molecule has 1 saturated heterocycles. The summed E-state index contributed by atoms with van der Waals surface area (Å²) in [4.78, 5) is 50.3. The van der Waals surface area contributed by atoms with Crippen LogP contribution in [0.2, 0.25) is 0 Å². The van der Waals surface area contributed by atoms with Gasteiger partial charge < -0.3 is 24.0 Å². The third-order valence-corrected chi connectivity index (χ3v) is 6.12. The van der Waals surface area contributed by atoms with E-state index in [1.165, 1.54) is 29.0 Å². The minimum absolute atomic E-state index is 0.0120. The summed E-state index contributed by atoms with van der Waals surface area (Å²) >= 11 is 0. The van der Waals surface area contributed by atoms with Crippen LogP contribution in [-0.2, 0) is 31.4 Å². The molecule has 47 heavy (non-hydrogen) atoms. The summed E-state index contributed by atoms with van der Waals surface area (Å²) in [7, 11) is 1.31. The summed E-state index contributed by atoms with van der Waals surface area (Å²) in [5, 5.41) is 2.44. The molecular weight excluding hydrogens is 640 g/mol. The third kappa shape index (κ3) is 12.0. The van der Waals surface area contributed by atoms with E-state index in [0.29, 0.717) is 18.6 Å². The summed E-state index contributed by atoms with van der Waals surface area (Å²) in [6.45, 7) is 10.6. The number of rotatable bonds is 4. The van der Waals surface area contributed by atoms with Crippen molar-refractivity contribution in [1.29, 1.82) is 0 Å². The minimum Gasteiger partial charge on any atom is -0.471 e. The lowest BCUT2D eigenvalue weighted by Gasteiger charge is -2.36. The number of piperazine rings is 1. The molecule has 0 aromatic heterocycles. The summed E-state index contributed by atoms with van der Waals surface area (Å²) in [6.07, 6.45) is -11.6. The fourth-order valence-corrected chi connectivity index (χ4v) is 4.13. The van der Waals surface area contributed by atoms with E-state index < -0.39 is 58.3 Å². The van der Waals surface area contributed by atoms with E-state index in [2.05, 4.69) is 10.1 Å². The number of nitrogens with zero attached hydrogens (tertiary/aromatic N) is 2. The number of benzene rings is 2. The molecule has 0 bridgehead atoms. The Hall–Kier alpha value is -4.50. The maximum Gasteiger partial charge on any atom is 0.416 e. The van der Waals surface area contributed by atoms with Crippen LogP contribution in [0, 0.1) is 0 Å². The van der Waals surface area contributed by atoms with Crippen LogP contribution >= 0.6 is 0 Å². The highest BCUT2D eigenvalue weighted by Gasteiger charge is 2.37. The Morgan fingerprint density at radius 2 is 1.19 bits per heavy atom. The SMILES string of the molecule is CC(C)(C)OC(=O)Nc1ccc(-c2cc(C(F)(F)F)cc(C(F)(F)F)c2)cc1C(=O)N1CCN(C(=O)OC(C)(C)C)CC1.COC=O. The molecule has 0 radical (unpaired) electrons. The molecule has 2 aromatic carbocycles. The first-order valence-electron chi connectivity index (χ1n) is 14.1. The topological polar surface area (TPSA) is 114 Å². The molecule has 0 atom stereocenters. The number of carbonyl (C=O) groups is 4. The van der Waals surface area contributed by atoms with Crippen LogP contribution < -0.4 is 5.32 Å². The number of anilines is 1.